The van der Waals surface area contributed by atoms with Crippen LogP contribution in [0, 0.1) is 21.7 Å². The maximum Gasteiger partial charge on any atom is 0.338 e. The molecule has 0 amide bonds. The number of ether oxygens (including phenoxy) is 2. The summed E-state index contributed by atoms with van der Waals surface area (Å²) in [5.74, 6) is -5.24. The summed E-state index contributed by atoms with van der Waals surface area (Å²) in [5.41, 5.74) is -1.40. The van der Waals surface area contributed by atoms with E-state index in [1.165, 1.54) is 0 Å². The van der Waals surface area contributed by atoms with Crippen molar-refractivity contribution in [2.45, 2.75) is 0 Å². The van der Waals surface area contributed by atoms with Crippen LogP contribution in [0.1, 0.15) is 31.1 Å². The predicted molar refractivity (Wildman–Crippen MR) is 85.4 cm³/mol. The van der Waals surface area contributed by atoms with Crippen molar-refractivity contribution in [3.63, 3.8) is 0 Å². The average Bonchev–Trinajstić information content (AvgIpc) is 2.66. The summed E-state index contributed by atoms with van der Waals surface area (Å²) in [4.78, 5) is 45.6. The zero-order chi connectivity index (χ0) is 20.1. The lowest BCUT2D eigenvalue weighted by atomic mass is 10.1. The maximum absolute atomic E-state index is 13.1. The molecule has 2 rings (SSSR count). The van der Waals surface area contributed by atoms with Crippen LogP contribution in [0.3, 0.4) is 0 Å². The largest absolute Gasteiger partial charge is 0.465 e. The Morgan fingerprint density at radius 1 is 0.963 bits per heavy atom. The van der Waals surface area contributed by atoms with E-state index in [4.69, 9.17) is 4.74 Å². The van der Waals surface area contributed by atoms with Gasteiger partial charge in [0.25, 0.3) is 5.69 Å². The van der Waals surface area contributed by atoms with Gasteiger partial charge in [0, 0.05) is 17.7 Å². The van der Waals surface area contributed by atoms with Crippen molar-refractivity contribution >= 4 is 23.4 Å². The van der Waals surface area contributed by atoms with Crippen molar-refractivity contribution in [3.05, 3.63) is 74.8 Å². The Morgan fingerprint density at radius 3 is 2.15 bits per heavy atom. The SMILES string of the molecule is COC(=O)c1cc(C(=O)OCC(=O)c2ccc(F)c(F)c2)cc([N+](=O)[O-])c1. The first-order valence-electron chi connectivity index (χ1n) is 7.26. The average molecular weight is 379 g/mol. The summed E-state index contributed by atoms with van der Waals surface area (Å²) in [6.45, 7) is -0.819. The highest BCUT2D eigenvalue weighted by atomic mass is 19.2. The van der Waals surface area contributed by atoms with E-state index < -0.39 is 46.6 Å². The van der Waals surface area contributed by atoms with Gasteiger partial charge < -0.3 is 9.47 Å². The van der Waals surface area contributed by atoms with Crippen molar-refractivity contribution in [2.75, 3.05) is 13.7 Å². The molecule has 0 saturated heterocycles. The number of halogens is 2. The lowest BCUT2D eigenvalue weighted by Crippen LogP contribution is -2.15. The van der Waals surface area contributed by atoms with Gasteiger partial charge in [-0.1, -0.05) is 0 Å². The number of carbonyl (C=O) groups excluding carboxylic acids is 3. The minimum absolute atomic E-state index is 0.226. The van der Waals surface area contributed by atoms with Crippen LogP contribution >= 0.6 is 0 Å². The van der Waals surface area contributed by atoms with Crippen molar-refractivity contribution in [2.24, 2.45) is 0 Å². The molecule has 0 aliphatic carbocycles. The molecule has 2 aromatic rings. The number of hydrogen-bond acceptors (Lipinski definition) is 7. The van der Waals surface area contributed by atoms with E-state index in [0.29, 0.717) is 6.07 Å². The third-order valence-electron chi connectivity index (χ3n) is 3.36. The maximum atomic E-state index is 13.1. The van der Waals surface area contributed by atoms with Gasteiger partial charge >= 0.3 is 11.9 Å². The molecule has 0 fully saturated rings. The summed E-state index contributed by atoms with van der Waals surface area (Å²) >= 11 is 0. The Labute approximate surface area is 150 Å². The quantitative estimate of drug-likeness (QED) is 0.328. The van der Waals surface area contributed by atoms with Gasteiger partial charge in [0.15, 0.2) is 24.0 Å². The van der Waals surface area contributed by atoms with Crippen LogP contribution in [0.2, 0.25) is 0 Å². The zero-order valence-corrected chi connectivity index (χ0v) is 13.7. The lowest BCUT2D eigenvalue weighted by Gasteiger charge is -2.06. The standard InChI is InChI=1S/C17H11F2NO7/c1-26-16(22)10-4-11(6-12(5-10)20(24)25)17(23)27-8-15(21)9-2-3-13(18)14(19)7-9/h2-7H,8H2,1H3. The summed E-state index contributed by atoms with van der Waals surface area (Å²) < 4.78 is 35.2. The van der Waals surface area contributed by atoms with Crippen LogP contribution in [0.25, 0.3) is 0 Å². The molecule has 10 heteroatoms. The summed E-state index contributed by atoms with van der Waals surface area (Å²) in [7, 11) is 1.06. The monoisotopic (exact) mass is 379 g/mol. The van der Waals surface area contributed by atoms with Crippen LogP contribution in [-0.4, -0.2) is 36.4 Å². The number of nitro groups is 1. The molecule has 140 valence electrons. The number of nitrogens with zero attached hydrogens (tertiary/aromatic N) is 1. The van der Waals surface area contributed by atoms with Crippen LogP contribution in [0.4, 0.5) is 14.5 Å². The van der Waals surface area contributed by atoms with Gasteiger partial charge in [-0.25, -0.2) is 18.4 Å². The summed E-state index contributed by atoms with van der Waals surface area (Å²) in [6, 6.07) is 5.17. The van der Waals surface area contributed by atoms with E-state index in [2.05, 4.69) is 4.74 Å². The number of Topliss-reactive ketones (excluding diaryl/α,β-unsaturated/α-hetero) is 1. The number of nitro benzene ring substituents is 1. The number of ketones is 1. The Bertz CT molecular complexity index is 943. The number of benzene rings is 2. The van der Waals surface area contributed by atoms with Gasteiger partial charge in [0.2, 0.25) is 0 Å². The molecule has 2 aromatic carbocycles. The fraction of sp³-hybridized carbons (Fsp3) is 0.118. The van der Waals surface area contributed by atoms with Gasteiger partial charge in [-0.3, -0.25) is 14.9 Å². The third kappa shape index (κ3) is 4.69. The summed E-state index contributed by atoms with van der Waals surface area (Å²) in [6.07, 6.45) is 0. The molecule has 0 atom stereocenters. The van der Waals surface area contributed by atoms with Gasteiger partial charge in [0.1, 0.15) is 0 Å². The minimum Gasteiger partial charge on any atom is -0.465 e. The molecule has 27 heavy (non-hydrogen) atoms. The molecule has 0 unspecified atom stereocenters. The normalized spacial score (nSPS) is 10.2. The van der Waals surface area contributed by atoms with Crippen LogP contribution < -0.4 is 0 Å². The molecule has 0 radical (unpaired) electrons. The molecule has 0 heterocycles. The molecule has 8 nitrogen and oxygen atoms in total. The second-order valence-electron chi connectivity index (χ2n) is 5.15. The topological polar surface area (TPSA) is 113 Å². The van der Waals surface area contributed by atoms with Gasteiger partial charge in [-0.05, 0) is 24.3 Å². The smallest absolute Gasteiger partial charge is 0.338 e. The molecule has 0 aliphatic rings. The van der Waals surface area contributed by atoms with E-state index in [1.807, 2.05) is 0 Å². The van der Waals surface area contributed by atoms with E-state index in [9.17, 15) is 33.3 Å². The Kier molecular flexibility index (Phi) is 5.91. The van der Waals surface area contributed by atoms with Gasteiger partial charge in [-0.2, -0.15) is 0 Å². The first-order chi connectivity index (χ1) is 12.7. The van der Waals surface area contributed by atoms with Crippen molar-refractivity contribution in [1.82, 2.24) is 0 Å². The highest BCUT2D eigenvalue weighted by Crippen LogP contribution is 2.19. The Morgan fingerprint density at radius 2 is 1.59 bits per heavy atom. The molecular formula is C17H11F2NO7. The third-order valence-corrected chi connectivity index (χ3v) is 3.36. The number of non-ortho nitro benzene ring substituents is 1. The number of rotatable bonds is 6. The van der Waals surface area contributed by atoms with Crippen LogP contribution in [-0.2, 0) is 9.47 Å². The van der Waals surface area contributed by atoms with Crippen LogP contribution in [0.5, 0.6) is 0 Å². The zero-order valence-electron chi connectivity index (χ0n) is 13.7. The molecule has 0 aromatic heterocycles. The predicted octanol–water partition coefficient (Wildman–Crippen LogP) is 2.70. The van der Waals surface area contributed by atoms with E-state index in [1.54, 1.807) is 0 Å². The fourth-order valence-corrected chi connectivity index (χ4v) is 2.04. The minimum atomic E-state index is -1.24. The van der Waals surface area contributed by atoms with Crippen molar-refractivity contribution in [1.29, 1.82) is 0 Å². The second-order valence-corrected chi connectivity index (χ2v) is 5.15. The molecule has 0 aliphatic heterocycles. The highest BCUT2D eigenvalue weighted by molar-refractivity contribution is 6.00. The Balaban J connectivity index is 2.18. The van der Waals surface area contributed by atoms with E-state index >= 15 is 0 Å². The van der Waals surface area contributed by atoms with E-state index in [-0.39, 0.29) is 16.7 Å². The Hall–Kier alpha value is -3.69. The second kappa shape index (κ2) is 8.13. The molecule has 0 spiro atoms. The first-order valence-corrected chi connectivity index (χ1v) is 7.26. The number of esters is 2. The van der Waals surface area contributed by atoms with Crippen molar-refractivity contribution < 1.29 is 37.6 Å². The molecular weight excluding hydrogens is 368 g/mol. The molecule has 0 saturated carbocycles. The van der Waals surface area contributed by atoms with Crippen molar-refractivity contribution in [3.8, 4) is 0 Å². The highest BCUT2D eigenvalue weighted by Gasteiger charge is 2.20. The van der Waals surface area contributed by atoms with Gasteiger partial charge in [0.05, 0.1) is 23.2 Å². The lowest BCUT2D eigenvalue weighted by molar-refractivity contribution is -0.384. The fourth-order valence-electron chi connectivity index (χ4n) is 2.04. The number of methoxy groups -OCH3 is 1. The number of carbonyl (C=O) groups is 3. The van der Waals surface area contributed by atoms with Gasteiger partial charge in [-0.15, -0.1) is 0 Å². The van der Waals surface area contributed by atoms with E-state index in [0.717, 1.165) is 37.4 Å². The molecule has 0 N–H and O–H groups in total. The summed E-state index contributed by atoms with van der Waals surface area (Å²) in [5, 5.41) is 10.9. The number of hydrogen-bond donors (Lipinski definition) is 0. The molecule has 0 bridgehead atoms. The first kappa shape index (κ1) is 19.6. The van der Waals surface area contributed by atoms with Crippen LogP contribution in [0.15, 0.2) is 36.4 Å².